The molecule has 3 heteroatoms. The van der Waals surface area contributed by atoms with Gasteiger partial charge in [0.1, 0.15) is 0 Å². The van der Waals surface area contributed by atoms with Crippen LogP contribution >= 0.6 is 0 Å². The number of hydrogen-bond acceptors (Lipinski definition) is 3. The molecule has 1 heterocycles. The lowest BCUT2D eigenvalue weighted by Gasteiger charge is -2.46. The van der Waals surface area contributed by atoms with Gasteiger partial charge in [0.25, 0.3) is 0 Å². The van der Waals surface area contributed by atoms with Gasteiger partial charge in [-0.1, -0.05) is 27.7 Å². The van der Waals surface area contributed by atoms with E-state index in [0.29, 0.717) is 17.5 Å². The fourth-order valence-corrected chi connectivity index (χ4v) is 3.29. The summed E-state index contributed by atoms with van der Waals surface area (Å²) in [6.07, 6.45) is 3.65. The fraction of sp³-hybridized carbons (Fsp3) is 1.00. The smallest absolute Gasteiger partial charge is 0.0467 e. The van der Waals surface area contributed by atoms with Crippen molar-refractivity contribution in [2.75, 3.05) is 33.4 Å². The third kappa shape index (κ3) is 5.34. The van der Waals surface area contributed by atoms with Gasteiger partial charge < -0.3 is 10.1 Å². The van der Waals surface area contributed by atoms with Crippen LogP contribution < -0.4 is 5.32 Å². The quantitative estimate of drug-likeness (QED) is 0.741. The third-order valence-corrected chi connectivity index (χ3v) is 4.97. The summed E-state index contributed by atoms with van der Waals surface area (Å²) >= 11 is 0. The largest absolute Gasteiger partial charge is 0.385 e. The number of methoxy groups -OCH3 is 1. The van der Waals surface area contributed by atoms with Gasteiger partial charge in [0, 0.05) is 32.3 Å². The lowest BCUT2D eigenvalue weighted by Crippen LogP contribution is -2.55. The zero-order valence-corrected chi connectivity index (χ0v) is 14.5. The SMILES string of the molecule is CCCNC1CCN(CC(C)(C)CCOC)C(C)C1C. The van der Waals surface area contributed by atoms with Gasteiger partial charge in [0.2, 0.25) is 0 Å². The summed E-state index contributed by atoms with van der Waals surface area (Å²) in [6, 6.07) is 1.36. The monoisotopic (exact) mass is 284 g/mol. The highest BCUT2D eigenvalue weighted by Gasteiger charge is 2.34. The van der Waals surface area contributed by atoms with Crippen LogP contribution in [0.5, 0.6) is 0 Å². The van der Waals surface area contributed by atoms with Crippen LogP contribution in [0.25, 0.3) is 0 Å². The highest BCUT2D eigenvalue weighted by atomic mass is 16.5. The first-order valence-electron chi connectivity index (χ1n) is 8.37. The molecule has 1 aliphatic rings. The fourth-order valence-electron chi connectivity index (χ4n) is 3.29. The number of rotatable bonds is 8. The maximum absolute atomic E-state index is 5.25. The van der Waals surface area contributed by atoms with E-state index in [1.54, 1.807) is 7.11 Å². The summed E-state index contributed by atoms with van der Waals surface area (Å²) in [5, 5.41) is 3.72. The van der Waals surface area contributed by atoms with Crippen molar-refractivity contribution >= 4 is 0 Å². The number of likely N-dealkylation sites (tertiary alicyclic amines) is 1. The molecular weight excluding hydrogens is 248 g/mol. The number of ether oxygens (including phenoxy) is 1. The molecule has 3 nitrogen and oxygen atoms in total. The van der Waals surface area contributed by atoms with Crippen molar-refractivity contribution in [3.63, 3.8) is 0 Å². The molecule has 0 aromatic rings. The predicted molar refractivity (Wildman–Crippen MR) is 87.2 cm³/mol. The van der Waals surface area contributed by atoms with Gasteiger partial charge in [0.05, 0.1) is 0 Å². The molecule has 1 aliphatic heterocycles. The summed E-state index contributed by atoms with van der Waals surface area (Å²) < 4.78 is 5.25. The number of nitrogens with one attached hydrogen (secondary N) is 1. The minimum Gasteiger partial charge on any atom is -0.385 e. The van der Waals surface area contributed by atoms with E-state index in [2.05, 4.69) is 44.8 Å². The second-order valence-corrected chi connectivity index (χ2v) is 7.33. The number of hydrogen-bond donors (Lipinski definition) is 1. The van der Waals surface area contributed by atoms with Gasteiger partial charge in [-0.25, -0.2) is 0 Å². The molecule has 0 spiro atoms. The van der Waals surface area contributed by atoms with Crippen LogP contribution in [-0.4, -0.2) is 50.3 Å². The standard InChI is InChI=1S/C17H36N2O/c1-7-10-18-16-8-11-19(15(3)14(16)2)13-17(4,5)9-12-20-6/h14-16,18H,7-13H2,1-6H3. The number of piperidine rings is 1. The van der Waals surface area contributed by atoms with Crippen molar-refractivity contribution in [2.24, 2.45) is 11.3 Å². The van der Waals surface area contributed by atoms with Gasteiger partial charge in [-0.3, -0.25) is 4.90 Å². The molecule has 0 aliphatic carbocycles. The average Bonchev–Trinajstić information content (AvgIpc) is 2.41. The number of nitrogens with zero attached hydrogens (tertiary/aromatic N) is 1. The minimum absolute atomic E-state index is 0.341. The van der Waals surface area contributed by atoms with E-state index in [1.165, 1.54) is 25.9 Å². The Kier molecular flexibility index (Phi) is 7.49. The van der Waals surface area contributed by atoms with Crippen LogP contribution in [0, 0.1) is 11.3 Å². The minimum atomic E-state index is 0.341. The second-order valence-electron chi connectivity index (χ2n) is 7.33. The first kappa shape index (κ1) is 17.9. The highest BCUT2D eigenvalue weighted by Crippen LogP contribution is 2.29. The molecule has 1 fully saturated rings. The molecule has 120 valence electrons. The highest BCUT2D eigenvalue weighted by molar-refractivity contribution is 4.90. The van der Waals surface area contributed by atoms with Gasteiger partial charge >= 0.3 is 0 Å². The first-order valence-corrected chi connectivity index (χ1v) is 8.37. The van der Waals surface area contributed by atoms with Crippen LogP contribution in [0.1, 0.15) is 53.9 Å². The molecule has 0 amide bonds. The molecule has 3 unspecified atom stereocenters. The van der Waals surface area contributed by atoms with Crippen LogP contribution in [0.4, 0.5) is 0 Å². The molecular formula is C17H36N2O. The topological polar surface area (TPSA) is 24.5 Å². The second kappa shape index (κ2) is 8.35. The average molecular weight is 284 g/mol. The summed E-state index contributed by atoms with van der Waals surface area (Å²) in [6.45, 7) is 16.2. The Balaban J connectivity index is 2.49. The van der Waals surface area contributed by atoms with E-state index in [1.807, 2.05) is 0 Å². The van der Waals surface area contributed by atoms with Crippen molar-refractivity contribution < 1.29 is 4.74 Å². The molecule has 0 aromatic heterocycles. The summed E-state index contributed by atoms with van der Waals surface area (Å²) in [7, 11) is 1.80. The Morgan fingerprint density at radius 1 is 1.30 bits per heavy atom. The molecule has 0 radical (unpaired) electrons. The molecule has 0 bridgehead atoms. The Morgan fingerprint density at radius 2 is 2.00 bits per heavy atom. The summed E-state index contributed by atoms with van der Waals surface area (Å²) in [5.74, 6) is 0.730. The van der Waals surface area contributed by atoms with Crippen molar-refractivity contribution in [3.05, 3.63) is 0 Å². The molecule has 0 saturated carbocycles. The lowest BCUT2D eigenvalue weighted by molar-refractivity contribution is 0.0404. The van der Waals surface area contributed by atoms with E-state index < -0.39 is 0 Å². The molecule has 20 heavy (non-hydrogen) atoms. The maximum atomic E-state index is 5.25. The van der Waals surface area contributed by atoms with E-state index in [9.17, 15) is 0 Å². The Bertz CT molecular complexity index is 268. The zero-order valence-electron chi connectivity index (χ0n) is 14.5. The van der Waals surface area contributed by atoms with Gasteiger partial charge in [-0.2, -0.15) is 0 Å². The lowest BCUT2D eigenvalue weighted by atomic mass is 9.83. The van der Waals surface area contributed by atoms with Crippen molar-refractivity contribution in [3.8, 4) is 0 Å². The van der Waals surface area contributed by atoms with Crippen molar-refractivity contribution in [1.29, 1.82) is 0 Å². The molecule has 1 saturated heterocycles. The summed E-state index contributed by atoms with van der Waals surface area (Å²) in [4.78, 5) is 2.68. The molecule has 0 aromatic carbocycles. The van der Waals surface area contributed by atoms with E-state index in [0.717, 1.165) is 25.5 Å². The zero-order chi connectivity index (χ0) is 15.2. The van der Waals surface area contributed by atoms with E-state index >= 15 is 0 Å². The summed E-state index contributed by atoms with van der Waals surface area (Å²) in [5.41, 5.74) is 0.341. The van der Waals surface area contributed by atoms with E-state index in [4.69, 9.17) is 4.74 Å². The van der Waals surface area contributed by atoms with Crippen molar-refractivity contribution in [1.82, 2.24) is 10.2 Å². The van der Waals surface area contributed by atoms with Crippen LogP contribution in [0.2, 0.25) is 0 Å². The third-order valence-electron chi connectivity index (χ3n) is 4.97. The molecule has 1 rings (SSSR count). The maximum Gasteiger partial charge on any atom is 0.0467 e. The van der Waals surface area contributed by atoms with Gasteiger partial charge in [-0.05, 0) is 50.6 Å². The van der Waals surface area contributed by atoms with Crippen LogP contribution in [-0.2, 0) is 4.74 Å². The van der Waals surface area contributed by atoms with Crippen LogP contribution in [0.3, 0.4) is 0 Å². The van der Waals surface area contributed by atoms with Crippen molar-refractivity contribution in [2.45, 2.75) is 66.0 Å². The Hall–Kier alpha value is -0.120. The Morgan fingerprint density at radius 3 is 2.60 bits per heavy atom. The normalized spacial score (nSPS) is 28.8. The van der Waals surface area contributed by atoms with E-state index in [-0.39, 0.29) is 0 Å². The Labute approximate surface area is 126 Å². The first-order chi connectivity index (χ1) is 9.41. The molecule has 3 atom stereocenters. The predicted octanol–water partition coefficient (Wildman–Crippen LogP) is 3.15. The van der Waals surface area contributed by atoms with Gasteiger partial charge in [0.15, 0.2) is 0 Å². The van der Waals surface area contributed by atoms with Crippen LogP contribution in [0.15, 0.2) is 0 Å². The molecule has 1 N–H and O–H groups in total. The van der Waals surface area contributed by atoms with Gasteiger partial charge in [-0.15, -0.1) is 0 Å².